The Morgan fingerprint density at radius 3 is 2.76 bits per heavy atom. The first-order valence-electron chi connectivity index (χ1n) is 13.0. The van der Waals surface area contributed by atoms with Gasteiger partial charge in [-0.05, 0) is 62.6 Å². The Balaban J connectivity index is 1.40. The maximum atomic E-state index is 13.7. The molecule has 198 valence electrons. The minimum Gasteiger partial charge on any atom is -0.496 e. The summed E-state index contributed by atoms with van der Waals surface area (Å²) < 4.78 is 5.42. The number of ether oxygens (including phenoxy) is 1. The van der Waals surface area contributed by atoms with Crippen molar-refractivity contribution in [3.63, 3.8) is 0 Å². The van der Waals surface area contributed by atoms with Crippen LogP contribution in [0.25, 0.3) is 10.9 Å². The zero-order valence-electron chi connectivity index (χ0n) is 21.2. The lowest BCUT2D eigenvalue weighted by Crippen LogP contribution is -2.54. The Kier molecular flexibility index (Phi) is 6.94. The second-order valence-corrected chi connectivity index (χ2v) is 10.5. The first-order valence-corrected chi connectivity index (χ1v) is 13.0. The van der Waals surface area contributed by atoms with Gasteiger partial charge in [0.2, 0.25) is 11.8 Å². The summed E-state index contributed by atoms with van der Waals surface area (Å²) in [5.74, 6) is -0.916. The van der Waals surface area contributed by atoms with Crippen molar-refractivity contribution < 1.29 is 29.0 Å². The van der Waals surface area contributed by atoms with E-state index in [1.165, 1.54) is 6.92 Å². The lowest BCUT2D eigenvalue weighted by molar-refractivity contribution is -0.135. The smallest absolute Gasteiger partial charge is 0.271 e. The van der Waals surface area contributed by atoms with Gasteiger partial charge in [-0.15, -0.1) is 0 Å². The Bertz CT molecular complexity index is 1220. The van der Waals surface area contributed by atoms with Crippen LogP contribution in [0.5, 0.6) is 5.75 Å². The maximum absolute atomic E-state index is 13.7. The molecule has 6 atom stereocenters. The van der Waals surface area contributed by atoms with Crippen LogP contribution in [0.15, 0.2) is 24.3 Å². The summed E-state index contributed by atoms with van der Waals surface area (Å²) in [4.78, 5) is 57.2. The van der Waals surface area contributed by atoms with Crippen LogP contribution < -0.4 is 15.4 Å². The van der Waals surface area contributed by atoms with Gasteiger partial charge in [0, 0.05) is 29.9 Å². The van der Waals surface area contributed by atoms with Gasteiger partial charge >= 0.3 is 0 Å². The number of amides is 3. The third-order valence-corrected chi connectivity index (χ3v) is 8.25. The van der Waals surface area contributed by atoms with Crippen molar-refractivity contribution >= 4 is 34.4 Å². The van der Waals surface area contributed by atoms with Crippen LogP contribution in [0, 0.1) is 17.8 Å². The standard InChI is InChI=1S/C27H34N4O6/c1-14(32)24(33)20(11-15-9-10-28-25(15)34)30-26(35)23-17-6-3-5-16(17)13-31(23)27(36)21-12-18-19(29-21)7-4-8-22(18)37-2/h4,7-8,12,14-17,20,23,29,32H,3,5-6,9-11,13H2,1-2H3,(H,28,34)(H,30,35)/t14?,15-,16-,17-,20-,23-/m0/s1. The van der Waals surface area contributed by atoms with Crippen LogP contribution in [-0.4, -0.2) is 76.9 Å². The van der Waals surface area contributed by atoms with E-state index >= 15 is 0 Å². The first kappa shape index (κ1) is 25.3. The summed E-state index contributed by atoms with van der Waals surface area (Å²) >= 11 is 0. The van der Waals surface area contributed by atoms with E-state index in [0.29, 0.717) is 31.0 Å². The van der Waals surface area contributed by atoms with Gasteiger partial charge in [-0.3, -0.25) is 19.2 Å². The van der Waals surface area contributed by atoms with Gasteiger partial charge in [0.1, 0.15) is 23.6 Å². The summed E-state index contributed by atoms with van der Waals surface area (Å²) in [6.45, 7) is 2.35. The van der Waals surface area contributed by atoms with Crippen LogP contribution in [0.3, 0.4) is 0 Å². The van der Waals surface area contributed by atoms with Crippen LogP contribution in [0.4, 0.5) is 0 Å². The summed E-state index contributed by atoms with van der Waals surface area (Å²) in [5, 5.41) is 16.3. The van der Waals surface area contributed by atoms with Crippen LogP contribution >= 0.6 is 0 Å². The van der Waals surface area contributed by atoms with Gasteiger partial charge in [-0.1, -0.05) is 12.5 Å². The number of nitrogens with one attached hydrogen (secondary N) is 3. The number of aliphatic hydroxyl groups excluding tert-OH is 1. The summed E-state index contributed by atoms with van der Waals surface area (Å²) in [5.41, 5.74) is 1.14. The largest absolute Gasteiger partial charge is 0.496 e. The number of likely N-dealkylation sites (tertiary alicyclic amines) is 1. The Hall–Kier alpha value is -3.40. The Labute approximate surface area is 215 Å². The Morgan fingerprint density at radius 1 is 1.24 bits per heavy atom. The number of rotatable bonds is 8. The molecule has 3 fully saturated rings. The molecule has 3 amide bonds. The van der Waals surface area contributed by atoms with Gasteiger partial charge < -0.3 is 30.4 Å². The third-order valence-electron chi connectivity index (χ3n) is 8.25. The normalized spacial score (nSPS) is 26.6. The molecule has 2 aliphatic heterocycles. The molecule has 4 N–H and O–H groups in total. The predicted octanol–water partition coefficient (Wildman–Crippen LogP) is 1.38. The highest BCUT2D eigenvalue weighted by Crippen LogP contribution is 2.43. The van der Waals surface area contributed by atoms with Gasteiger partial charge in [-0.2, -0.15) is 0 Å². The van der Waals surface area contributed by atoms with Gasteiger partial charge in [0.25, 0.3) is 5.91 Å². The molecule has 10 nitrogen and oxygen atoms in total. The number of H-pyrrole nitrogens is 1. The summed E-state index contributed by atoms with van der Waals surface area (Å²) in [6, 6.07) is 5.55. The second kappa shape index (κ2) is 10.2. The van der Waals surface area contributed by atoms with Crippen LogP contribution in [-0.2, 0) is 14.4 Å². The average Bonchev–Trinajstić information content (AvgIpc) is 3.66. The lowest BCUT2D eigenvalue weighted by Gasteiger charge is -2.29. The average molecular weight is 511 g/mol. The van der Waals surface area contributed by atoms with E-state index in [1.807, 2.05) is 18.2 Å². The van der Waals surface area contributed by atoms with E-state index in [-0.39, 0.29) is 30.1 Å². The number of nitrogens with zero attached hydrogens (tertiary/aromatic N) is 1. The molecular formula is C27H34N4O6. The minimum absolute atomic E-state index is 0.0000503. The number of hydrogen-bond donors (Lipinski definition) is 4. The molecule has 0 spiro atoms. The van der Waals surface area contributed by atoms with Crippen molar-refractivity contribution in [3.05, 3.63) is 30.0 Å². The molecule has 37 heavy (non-hydrogen) atoms. The zero-order valence-corrected chi connectivity index (χ0v) is 21.2. The number of aromatic amines is 1. The minimum atomic E-state index is -1.28. The molecule has 3 aliphatic rings. The van der Waals surface area contributed by atoms with Crippen LogP contribution in [0.2, 0.25) is 0 Å². The number of hydrogen-bond acceptors (Lipinski definition) is 6. The maximum Gasteiger partial charge on any atom is 0.271 e. The highest BCUT2D eigenvalue weighted by Gasteiger charge is 2.50. The van der Waals surface area contributed by atoms with Crippen molar-refractivity contribution in [1.29, 1.82) is 0 Å². The molecule has 1 aromatic heterocycles. The number of carbonyl (C=O) groups excluding carboxylic acids is 4. The molecular weight excluding hydrogens is 476 g/mol. The van der Waals surface area contributed by atoms with E-state index in [9.17, 15) is 24.3 Å². The highest BCUT2D eigenvalue weighted by molar-refractivity contribution is 6.02. The zero-order chi connectivity index (χ0) is 26.3. The van der Waals surface area contributed by atoms with E-state index in [2.05, 4.69) is 15.6 Å². The van der Waals surface area contributed by atoms with Crippen molar-refractivity contribution in [2.24, 2.45) is 17.8 Å². The number of carbonyl (C=O) groups is 4. The van der Waals surface area contributed by atoms with E-state index in [0.717, 1.165) is 30.2 Å². The molecule has 0 bridgehead atoms. The number of aliphatic hydroxyl groups is 1. The molecule has 3 heterocycles. The topological polar surface area (TPSA) is 141 Å². The fourth-order valence-electron chi connectivity index (χ4n) is 6.37. The molecule has 1 unspecified atom stereocenters. The van der Waals surface area contributed by atoms with E-state index in [1.54, 1.807) is 18.1 Å². The van der Waals surface area contributed by atoms with Crippen molar-refractivity contribution in [1.82, 2.24) is 20.5 Å². The molecule has 0 radical (unpaired) electrons. The number of aromatic nitrogens is 1. The van der Waals surface area contributed by atoms with Crippen molar-refractivity contribution in [3.8, 4) is 5.75 Å². The number of ketones is 1. The lowest BCUT2D eigenvalue weighted by atomic mass is 9.91. The number of benzene rings is 1. The molecule has 10 heteroatoms. The molecule has 1 saturated carbocycles. The number of methoxy groups -OCH3 is 1. The fraction of sp³-hybridized carbons (Fsp3) is 0.556. The number of Topliss-reactive ketones (excluding diaryl/α,β-unsaturated/α-hetero) is 1. The molecule has 5 rings (SSSR count). The Morgan fingerprint density at radius 2 is 2.05 bits per heavy atom. The summed E-state index contributed by atoms with van der Waals surface area (Å²) in [7, 11) is 1.57. The fourth-order valence-corrected chi connectivity index (χ4v) is 6.37. The predicted molar refractivity (Wildman–Crippen MR) is 135 cm³/mol. The van der Waals surface area contributed by atoms with Gasteiger partial charge in [-0.25, -0.2) is 0 Å². The molecule has 2 saturated heterocycles. The summed E-state index contributed by atoms with van der Waals surface area (Å²) in [6.07, 6.45) is 2.17. The molecule has 1 aliphatic carbocycles. The first-order chi connectivity index (χ1) is 17.8. The quantitative estimate of drug-likeness (QED) is 0.423. The van der Waals surface area contributed by atoms with Gasteiger partial charge in [0.15, 0.2) is 5.78 Å². The van der Waals surface area contributed by atoms with Crippen molar-refractivity contribution in [2.75, 3.05) is 20.2 Å². The van der Waals surface area contributed by atoms with E-state index < -0.39 is 35.8 Å². The second-order valence-electron chi connectivity index (χ2n) is 10.5. The highest BCUT2D eigenvalue weighted by atomic mass is 16.5. The SMILES string of the molecule is COc1cccc2[nH]c(C(=O)N3C[C@@H]4CCC[C@@H]4[C@H]3C(=O)N[C@@H](C[C@@H]3CCNC3=O)C(=O)C(C)O)cc12. The molecule has 2 aromatic rings. The van der Waals surface area contributed by atoms with Crippen LogP contribution in [0.1, 0.15) is 49.5 Å². The number of fused-ring (bicyclic) bond motifs is 2. The monoisotopic (exact) mass is 510 g/mol. The van der Waals surface area contributed by atoms with Crippen molar-refractivity contribution in [2.45, 2.75) is 57.2 Å². The van der Waals surface area contributed by atoms with E-state index in [4.69, 9.17) is 4.74 Å². The molecule has 1 aromatic carbocycles. The third kappa shape index (κ3) is 4.70. The van der Waals surface area contributed by atoms with Gasteiger partial charge in [0.05, 0.1) is 13.2 Å².